The minimum absolute atomic E-state index is 0.0758. The zero-order valence-electron chi connectivity index (χ0n) is 12.6. The van der Waals surface area contributed by atoms with Gasteiger partial charge in [-0.15, -0.1) is 0 Å². The molecule has 1 amide bonds. The van der Waals surface area contributed by atoms with E-state index in [4.69, 9.17) is 16.3 Å². The van der Waals surface area contributed by atoms with Gasteiger partial charge in [-0.25, -0.2) is 9.97 Å². The first-order valence-corrected chi connectivity index (χ1v) is 8.23. The molecule has 7 heteroatoms. The van der Waals surface area contributed by atoms with E-state index in [9.17, 15) is 4.79 Å². The van der Waals surface area contributed by atoms with Crippen LogP contribution in [0.2, 0.25) is 5.28 Å². The highest BCUT2D eigenvalue weighted by Crippen LogP contribution is 2.40. The lowest BCUT2D eigenvalue weighted by atomic mass is 9.97. The molecule has 0 aromatic carbocycles. The van der Waals surface area contributed by atoms with Gasteiger partial charge >= 0.3 is 0 Å². The number of ether oxygens (including phenoxy) is 1. The molecular formula is C15H19ClN4O2. The summed E-state index contributed by atoms with van der Waals surface area (Å²) in [6.45, 7) is 5.11. The maximum Gasteiger partial charge on any atom is 0.224 e. The second-order valence-corrected chi connectivity index (χ2v) is 6.53. The van der Waals surface area contributed by atoms with Crippen LogP contribution in [0.15, 0.2) is 0 Å². The Morgan fingerprint density at radius 1 is 1.23 bits per heavy atom. The zero-order valence-corrected chi connectivity index (χ0v) is 13.3. The third-order valence-corrected chi connectivity index (χ3v) is 5.05. The van der Waals surface area contributed by atoms with Crippen molar-refractivity contribution < 1.29 is 9.53 Å². The smallest absolute Gasteiger partial charge is 0.224 e. The number of nitrogens with zero attached hydrogens (tertiary/aromatic N) is 4. The molecule has 0 saturated carbocycles. The summed E-state index contributed by atoms with van der Waals surface area (Å²) >= 11 is 6.19. The standard InChI is InChI=1S/C15H19ClN4O2/c1-9-8-22-7-6-19(9)14-10-4-5-20-11(2-3-12(20)21)13(10)17-15(16)18-14/h9,11H,2-8H2,1H3/t9-,11?/m0/s1. The number of halogens is 1. The number of amides is 1. The van der Waals surface area contributed by atoms with Gasteiger partial charge in [-0.1, -0.05) is 0 Å². The van der Waals surface area contributed by atoms with Gasteiger partial charge in [0.05, 0.1) is 31.0 Å². The van der Waals surface area contributed by atoms with Crippen molar-refractivity contribution >= 4 is 23.3 Å². The van der Waals surface area contributed by atoms with Gasteiger partial charge in [-0.05, 0) is 31.4 Å². The Morgan fingerprint density at radius 2 is 2.09 bits per heavy atom. The summed E-state index contributed by atoms with van der Waals surface area (Å²) in [6.07, 6.45) is 2.24. The van der Waals surface area contributed by atoms with Gasteiger partial charge in [0.1, 0.15) is 5.82 Å². The fourth-order valence-electron chi connectivity index (χ4n) is 3.79. The summed E-state index contributed by atoms with van der Waals surface area (Å²) in [7, 11) is 0. The lowest BCUT2D eigenvalue weighted by Gasteiger charge is -2.38. The van der Waals surface area contributed by atoms with E-state index in [-0.39, 0.29) is 23.3 Å². The first-order valence-electron chi connectivity index (χ1n) is 7.85. The Labute approximate surface area is 134 Å². The van der Waals surface area contributed by atoms with Crippen molar-refractivity contribution in [3.05, 3.63) is 16.5 Å². The summed E-state index contributed by atoms with van der Waals surface area (Å²) in [5.41, 5.74) is 2.11. The first-order chi connectivity index (χ1) is 10.6. The van der Waals surface area contributed by atoms with Gasteiger partial charge in [0.25, 0.3) is 0 Å². The number of fused-ring (bicyclic) bond motifs is 3. The minimum atomic E-state index is 0.0758. The normalized spacial score (nSPS) is 27.8. The molecule has 1 unspecified atom stereocenters. The fourth-order valence-corrected chi connectivity index (χ4v) is 3.96. The lowest BCUT2D eigenvalue weighted by Crippen LogP contribution is -2.45. The van der Waals surface area contributed by atoms with Gasteiger partial charge < -0.3 is 14.5 Å². The lowest BCUT2D eigenvalue weighted by molar-refractivity contribution is -0.129. The molecule has 1 aromatic heterocycles. The number of anilines is 1. The Bertz CT molecular complexity index is 624. The molecule has 0 bridgehead atoms. The number of aromatic nitrogens is 2. The molecular weight excluding hydrogens is 304 g/mol. The topological polar surface area (TPSA) is 58.6 Å². The summed E-state index contributed by atoms with van der Waals surface area (Å²) in [4.78, 5) is 25.2. The third kappa shape index (κ3) is 2.16. The van der Waals surface area contributed by atoms with E-state index in [0.29, 0.717) is 19.6 Å². The second-order valence-electron chi connectivity index (χ2n) is 6.19. The summed E-state index contributed by atoms with van der Waals surface area (Å²) in [5.74, 6) is 1.16. The molecule has 2 atom stereocenters. The molecule has 0 radical (unpaired) electrons. The summed E-state index contributed by atoms with van der Waals surface area (Å²) < 4.78 is 5.52. The van der Waals surface area contributed by atoms with Gasteiger partial charge in [-0.3, -0.25) is 4.79 Å². The van der Waals surface area contributed by atoms with Crippen molar-refractivity contribution in [2.24, 2.45) is 0 Å². The van der Waals surface area contributed by atoms with Crippen LogP contribution < -0.4 is 4.90 Å². The summed E-state index contributed by atoms with van der Waals surface area (Å²) in [5, 5.41) is 0.272. The van der Waals surface area contributed by atoms with Crippen LogP contribution in [0.1, 0.15) is 37.1 Å². The van der Waals surface area contributed by atoms with E-state index in [1.165, 1.54) is 0 Å². The van der Waals surface area contributed by atoms with Gasteiger partial charge in [0.15, 0.2) is 0 Å². The average molecular weight is 323 g/mol. The second kappa shape index (κ2) is 5.35. The molecule has 1 aromatic rings. The molecule has 0 spiro atoms. The molecule has 4 rings (SSSR count). The first kappa shape index (κ1) is 14.2. The van der Waals surface area contributed by atoms with Crippen molar-refractivity contribution in [2.75, 3.05) is 31.2 Å². The van der Waals surface area contributed by atoms with Crippen molar-refractivity contribution in [2.45, 2.75) is 38.3 Å². The molecule has 22 heavy (non-hydrogen) atoms. The maximum absolute atomic E-state index is 12.0. The van der Waals surface area contributed by atoms with Crippen molar-refractivity contribution in [1.82, 2.24) is 14.9 Å². The van der Waals surface area contributed by atoms with Gasteiger partial charge in [-0.2, -0.15) is 0 Å². The molecule has 6 nitrogen and oxygen atoms in total. The maximum atomic E-state index is 12.0. The van der Waals surface area contributed by atoms with Crippen LogP contribution in [0.25, 0.3) is 0 Å². The van der Waals surface area contributed by atoms with Gasteiger partial charge in [0.2, 0.25) is 11.2 Å². The highest BCUT2D eigenvalue weighted by atomic mass is 35.5. The largest absolute Gasteiger partial charge is 0.377 e. The van der Waals surface area contributed by atoms with E-state index < -0.39 is 0 Å². The monoisotopic (exact) mass is 322 g/mol. The van der Waals surface area contributed by atoms with Crippen LogP contribution in [-0.4, -0.2) is 53.1 Å². The number of hydrogen-bond acceptors (Lipinski definition) is 5. The van der Waals surface area contributed by atoms with Crippen molar-refractivity contribution in [1.29, 1.82) is 0 Å². The predicted octanol–water partition coefficient (Wildman–Crippen LogP) is 1.57. The van der Waals surface area contributed by atoms with E-state index in [1.54, 1.807) is 0 Å². The number of carbonyl (C=O) groups is 1. The molecule has 4 heterocycles. The van der Waals surface area contributed by atoms with E-state index in [2.05, 4.69) is 21.8 Å². The summed E-state index contributed by atoms with van der Waals surface area (Å²) in [6, 6.07) is 0.346. The zero-order chi connectivity index (χ0) is 15.3. The van der Waals surface area contributed by atoms with Crippen LogP contribution >= 0.6 is 11.6 Å². The Kier molecular flexibility index (Phi) is 3.46. The molecule has 118 valence electrons. The molecule has 2 saturated heterocycles. The minimum Gasteiger partial charge on any atom is -0.377 e. The number of morpholine rings is 1. The quantitative estimate of drug-likeness (QED) is 0.735. The van der Waals surface area contributed by atoms with Crippen LogP contribution in [-0.2, 0) is 16.0 Å². The van der Waals surface area contributed by atoms with Gasteiger partial charge in [0, 0.05) is 25.1 Å². The molecule has 3 aliphatic rings. The Morgan fingerprint density at radius 3 is 2.91 bits per heavy atom. The van der Waals surface area contributed by atoms with Crippen LogP contribution in [0.4, 0.5) is 5.82 Å². The number of rotatable bonds is 1. The SMILES string of the molecule is C[C@H]1COCCN1c1nc(Cl)nc2c1CCN1C(=O)CCC21. The average Bonchev–Trinajstić information content (AvgIpc) is 2.89. The molecule has 2 fully saturated rings. The van der Waals surface area contributed by atoms with E-state index in [0.717, 1.165) is 43.0 Å². The number of hydrogen-bond donors (Lipinski definition) is 0. The Hall–Kier alpha value is -1.40. The predicted molar refractivity (Wildman–Crippen MR) is 82.1 cm³/mol. The highest BCUT2D eigenvalue weighted by molar-refractivity contribution is 6.28. The molecule has 3 aliphatic heterocycles. The van der Waals surface area contributed by atoms with E-state index >= 15 is 0 Å². The molecule has 0 aliphatic carbocycles. The van der Waals surface area contributed by atoms with Crippen LogP contribution in [0.5, 0.6) is 0 Å². The molecule has 0 N–H and O–H groups in total. The van der Waals surface area contributed by atoms with Crippen LogP contribution in [0, 0.1) is 0 Å². The van der Waals surface area contributed by atoms with E-state index in [1.807, 2.05) is 4.90 Å². The fraction of sp³-hybridized carbons (Fsp3) is 0.667. The number of carbonyl (C=O) groups excluding carboxylic acids is 1. The highest BCUT2D eigenvalue weighted by Gasteiger charge is 2.39. The third-order valence-electron chi connectivity index (χ3n) is 4.88. The van der Waals surface area contributed by atoms with Crippen molar-refractivity contribution in [3.63, 3.8) is 0 Å². The Balaban J connectivity index is 1.78. The van der Waals surface area contributed by atoms with Crippen LogP contribution in [0.3, 0.4) is 0 Å². The van der Waals surface area contributed by atoms with Crippen molar-refractivity contribution in [3.8, 4) is 0 Å².